The third kappa shape index (κ3) is 6.12. The highest BCUT2D eigenvalue weighted by molar-refractivity contribution is 5.83. The fraction of sp³-hybridized carbons (Fsp3) is 0.517. The molecule has 2 N–H and O–H groups in total. The number of aryl methyl sites for hydroxylation is 1. The number of anilines is 1. The van der Waals surface area contributed by atoms with Crippen LogP contribution in [-0.2, 0) is 11.2 Å². The molecule has 0 radical (unpaired) electrons. The molecule has 7 heteroatoms. The zero-order chi connectivity index (χ0) is 26.4. The summed E-state index contributed by atoms with van der Waals surface area (Å²) < 4.78 is 17.1. The van der Waals surface area contributed by atoms with Gasteiger partial charge in [-0.15, -0.1) is 0 Å². The molecule has 0 saturated carbocycles. The van der Waals surface area contributed by atoms with E-state index < -0.39 is 0 Å². The SMILES string of the molecule is COc1cc2c(c(OC)c1OC)-c1ccc(NC(C)CCCC(C)C)c(=O)cc1[C@H](NC(C)=O)CC2. The standard InChI is InChI=1S/C29H40N2O5/c1-17(2)9-8-10-18(3)30-24-14-12-21-22(16-25(24)33)23(31-19(4)32)13-11-20-15-26(34-5)28(35-6)29(36-7)27(20)21/h12,14-18,23H,8-11,13H2,1-7H3,(H,30,33)(H,31,32)/t18?,23-/m1/s1. The number of carbonyl (C=O) groups excluding carboxylic acids is 1. The van der Waals surface area contributed by atoms with Crippen LogP contribution in [0.25, 0.3) is 11.1 Å². The Labute approximate surface area is 214 Å². The Balaban J connectivity index is 2.17. The molecular formula is C29H40N2O5. The van der Waals surface area contributed by atoms with E-state index in [0.717, 1.165) is 41.5 Å². The van der Waals surface area contributed by atoms with Crippen molar-refractivity contribution in [2.75, 3.05) is 26.6 Å². The van der Waals surface area contributed by atoms with E-state index in [1.54, 1.807) is 27.4 Å². The molecule has 0 bridgehead atoms. The Morgan fingerprint density at radius 3 is 2.36 bits per heavy atom. The number of carbonyl (C=O) groups is 1. The maximum absolute atomic E-state index is 13.4. The van der Waals surface area contributed by atoms with Crippen LogP contribution in [0.1, 0.15) is 70.5 Å². The van der Waals surface area contributed by atoms with Gasteiger partial charge in [0.1, 0.15) is 0 Å². The molecule has 0 heterocycles. The van der Waals surface area contributed by atoms with Crippen molar-refractivity contribution in [2.45, 2.75) is 71.9 Å². The largest absolute Gasteiger partial charge is 0.493 e. The molecule has 3 rings (SSSR count). The van der Waals surface area contributed by atoms with Crippen LogP contribution in [-0.4, -0.2) is 33.3 Å². The molecule has 36 heavy (non-hydrogen) atoms. The minimum Gasteiger partial charge on any atom is -0.493 e. The number of ether oxygens (including phenoxy) is 3. The van der Waals surface area contributed by atoms with Crippen molar-refractivity contribution in [1.29, 1.82) is 0 Å². The van der Waals surface area contributed by atoms with Crippen LogP contribution in [0.4, 0.5) is 5.69 Å². The van der Waals surface area contributed by atoms with Crippen molar-refractivity contribution in [3.63, 3.8) is 0 Å². The molecule has 1 amide bonds. The molecule has 0 aliphatic heterocycles. The average molecular weight is 497 g/mol. The minimum absolute atomic E-state index is 0.106. The third-order valence-corrected chi connectivity index (χ3v) is 6.74. The molecule has 1 aliphatic carbocycles. The summed E-state index contributed by atoms with van der Waals surface area (Å²) in [6.07, 6.45) is 4.55. The quantitative estimate of drug-likeness (QED) is 0.452. The fourth-order valence-corrected chi connectivity index (χ4v) is 5.00. The van der Waals surface area contributed by atoms with E-state index in [1.165, 1.54) is 6.92 Å². The lowest BCUT2D eigenvalue weighted by molar-refractivity contribution is -0.119. The number of methoxy groups -OCH3 is 3. The lowest BCUT2D eigenvalue weighted by Gasteiger charge is -2.19. The first-order valence-electron chi connectivity index (χ1n) is 12.7. The van der Waals surface area contributed by atoms with Crippen molar-refractivity contribution in [2.24, 2.45) is 5.92 Å². The maximum Gasteiger partial charge on any atom is 0.217 e. The normalized spacial score (nSPS) is 15.3. The molecule has 0 aromatic heterocycles. The van der Waals surface area contributed by atoms with Crippen molar-refractivity contribution >= 4 is 11.6 Å². The van der Waals surface area contributed by atoms with E-state index >= 15 is 0 Å². The van der Waals surface area contributed by atoms with Crippen molar-refractivity contribution in [3.05, 3.63) is 45.6 Å². The molecule has 1 aliphatic rings. The van der Waals surface area contributed by atoms with Gasteiger partial charge in [0.05, 0.1) is 33.1 Å². The first kappa shape index (κ1) is 27.4. The molecule has 2 aromatic rings. The minimum atomic E-state index is -0.317. The molecule has 7 nitrogen and oxygen atoms in total. The first-order valence-corrected chi connectivity index (χ1v) is 12.7. The number of amides is 1. The summed E-state index contributed by atoms with van der Waals surface area (Å²) in [6.45, 7) is 8.05. The Kier molecular flexibility index (Phi) is 9.24. The van der Waals surface area contributed by atoms with Crippen molar-refractivity contribution in [1.82, 2.24) is 5.32 Å². The second-order valence-electron chi connectivity index (χ2n) is 9.97. The van der Waals surface area contributed by atoms with Crippen LogP contribution in [0, 0.1) is 5.92 Å². The van der Waals surface area contributed by atoms with Crippen LogP contribution >= 0.6 is 0 Å². The predicted molar refractivity (Wildman–Crippen MR) is 144 cm³/mol. The van der Waals surface area contributed by atoms with Gasteiger partial charge < -0.3 is 24.8 Å². The molecule has 1 unspecified atom stereocenters. The average Bonchev–Trinajstić information content (AvgIpc) is 3.06. The Morgan fingerprint density at radius 1 is 1.03 bits per heavy atom. The van der Waals surface area contributed by atoms with Gasteiger partial charge in [-0.2, -0.15) is 0 Å². The second-order valence-corrected chi connectivity index (χ2v) is 9.97. The van der Waals surface area contributed by atoms with E-state index in [0.29, 0.717) is 41.7 Å². The Morgan fingerprint density at radius 2 is 1.75 bits per heavy atom. The van der Waals surface area contributed by atoms with Crippen LogP contribution in [0.3, 0.4) is 0 Å². The summed E-state index contributed by atoms with van der Waals surface area (Å²) >= 11 is 0. The molecule has 0 spiro atoms. The topological polar surface area (TPSA) is 85.9 Å². The van der Waals surface area contributed by atoms with Crippen molar-refractivity contribution in [3.8, 4) is 28.4 Å². The van der Waals surface area contributed by atoms with E-state index in [2.05, 4.69) is 31.4 Å². The second kappa shape index (κ2) is 12.2. The molecule has 2 atom stereocenters. The smallest absolute Gasteiger partial charge is 0.217 e. The van der Waals surface area contributed by atoms with Gasteiger partial charge >= 0.3 is 0 Å². The van der Waals surface area contributed by atoms with Crippen LogP contribution in [0.5, 0.6) is 17.2 Å². The van der Waals surface area contributed by atoms with E-state index in [9.17, 15) is 9.59 Å². The lowest BCUT2D eigenvalue weighted by Crippen LogP contribution is -2.26. The highest BCUT2D eigenvalue weighted by atomic mass is 16.5. The maximum atomic E-state index is 13.4. The lowest BCUT2D eigenvalue weighted by atomic mass is 9.95. The number of hydrogen-bond acceptors (Lipinski definition) is 6. The number of rotatable bonds is 10. The summed E-state index contributed by atoms with van der Waals surface area (Å²) in [5.74, 6) is 2.14. The summed E-state index contributed by atoms with van der Waals surface area (Å²) in [7, 11) is 4.77. The third-order valence-electron chi connectivity index (χ3n) is 6.74. The number of nitrogens with one attached hydrogen (secondary N) is 2. The van der Waals surface area contributed by atoms with E-state index in [4.69, 9.17) is 14.2 Å². The van der Waals surface area contributed by atoms with Gasteiger partial charge in [0.2, 0.25) is 17.1 Å². The molecular weight excluding hydrogens is 456 g/mol. The molecule has 0 saturated heterocycles. The van der Waals surface area contributed by atoms with Crippen LogP contribution in [0.15, 0.2) is 29.1 Å². The van der Waals surface area contributed by atoms with Gasteiger partial charge in [-0.1, -0.05) is 32.8 Å². The van der Waals surface area contributed by atoms with E-state index in [-0.39, 0.29) is 23.4 Å². The first-order chi connectivity index (χ1) is 17.2. The highest BCUT2D eigenvalue weighted by Gasteiger charge is 2.29. The molecule has 196 valence electrons. The Hall–Kier alpha value is -3.22. The van der Waals surface area contributed by atoms with Crippen molar-refractivity contribution < 1.29 is 19.0 Å². The number of fused-ring (bicyclic) bond motifs is 3. The summed E-state index contributed by atoms with van der Waals surface area (Å²) in [4.78, 5) is 25.5. The summed E-state index contributed by atoms with van der Waals surface area (Å²) in [5, 5.41) is 6.46. The zero-order valence-corrected chi connectivity index (χ0v) is 22.6. The fourth-order valence-electron chi connectivity index (χ4n) is 5.00. The zero-order valence-electron chi connectivity index (χ0n) is 22.6. The molecule has 2 aromatic carbocycles. The Bertz CT molecular complexity index is 1150. The number of benzene rings is 1. The van der Waals surface area contributed by atoms with Gasteiger partial charge in [0.25, 0.3) is 0 Å². The van der Waals surface area contributed by atoms with Crippen LogP contribution in [0.2, 0.25) is 0 Å². The van der Waals surface area contributed by atoms with E-state index in [1.807, 2.05) is 18.2 Å². The van der Waals surface area contributed by atoms with Gasteiger partial charge in [0, 0.05) is 18.5 Å². The van der Waals surface area contributed by atoms with Gasteiger partial charge in [-0.25, -0.2) is 0 Å². The van der Waals surface area contributed by atoms with Crippen LogP contribution < -0.4 is 30.3 Å². The molecule has 0 fully saturated rings. The summed E-state index contributed by atoms with van der Waals surface area (Å²) in [6, 6.07) is 7.25. The summed E-state index contributed by atoms with van der Waals surface area (Å²) in [5.41, 5.74) is 3.89. The number of hydrogen-bond donors (Lipinski definition) is 2. The predicted octanol–water partition coefficient (Wildman–Crippen LogP) is 5.49. The van der Waals surface area contributed by atoms with Gasteiger partial charge in [-0.05, 0) is 67.0 Å². The van der Waals surface area contributed by atoms with Gasteiger partial charge in [-0.3, -0.25) is 9.59 Å². The highest BCUT2D eigenvalue weighted by Crippen LogP contribution is 2.50. The monoisotopic (exact) mass is 496 g/mol. The van der Waals surface area contributed by atoms with Gasteiger partial charge in [0.15, 0.2) is 11.5 Å².